The first-order valence-corrected chi connectivity index (χ1v) is 8.05. The van der Waals surface area contributed by atoms with E-state index >= 15 is 0 Å². The summed E-state index contributed by atoms with van der Waals surface area (Å²) in [7, 11) is 0. The highest BCUT2D eigenvalue weighted by Crippen LogP contribution is 2.24. The van der Waals surface area contributed by atoms with E-state index in [1.165, 1.54) is 4.68 Å². The first kappa shape index (κ1) is 16.1. The second-order valence-electron chi connectivity index (χ2n) is 5.56. The van der Waals surface area contributed by atoms with E-state index in [0.717, 1.165) is 5.56 Å². The van der Waals surface area contributed by atoms with Crippen molar-refractivity contribution in [2.75, 3.05) is 5.84 Å². The quantitative estimate of drug-likeness (QED) is 0.440. The molecule has 0 saturated carbocycles. The highest BCUT2D eigenvalue weighted by Gasteiger charge is 2.22. The molecule has 6 heteroatoms. The largest absolute Gasteiger partial charge is 0.335 e. The second-order valence-corrected chi connectivity index (χ2v) is 5.93. The number of nitrogens with zero attached hydrogens (tertiary/aromatic N) is 3. The molecule has 3 rings (SSSR count). The van der Waals surface area contributed by atoms with Crippen LogP contribution < -0.4 is 5.84 Å². The number of aryl methyl sites for hydroxylation is 1. The van der Waals surface area contributed by atoms with Gasteiger partial charge in [-0.15, -0.1) is 0 Å². The summed E-state index contributed by atoms with van der Waals surface area (Å²) in [5, 5.41) is 4.43. The Balaban J connectivity index is 2.02. The number of rotatable bonds is 5. The Hall–Kier alpha value is -2.73. The van der Waals surface area contributed by atoms with Crippen molar-refractivity contribution in [3.05, 3.63) is 82.4 Å². The van der Waals surface area contributed by atoms with Gasteiger partial charge >= 0.3 is 0 Å². The summed E-state index contributed by atoms with van der Waals surface area (Å²) in [5.41, 5.74) is 1.64. The molecule has 0 fully saturated rings. The molecule has 1 heterocycles. The molecule has 0 spiro atoms. The van der Waals surface area contributed by atoms with Crippen LogP contribution in [0.2, 0.25) is 0 Å². The monoisotopic (exact) mass is 338 g/mol. The minimum atomic E-state index is -0.296. The van der Waals surface area contributed by atoms with Crippen LogP contribution in [0.1, 0.15) is 34.2 Å². The topological polar surface area (TPSA) is 65.8 Å². The molecule has 0 bridgehead atoms. The number of nitrogens with two attached hydrogens (primary N) is 1. The van der Waals surface area contributed by atoms with Crippen LogP contribution in [0, 0.1) is 11.7 Å². The molecule has 5 nitrogen and oxygen atoms in total. The summed E-state index contributed by atoms with van der Waals surface area (Å²) >= 11 is 5.39. The van der Waals surface area contributed by atoms with Crippen molar-refractivity contribution in [3.8, 4) is 0 Å². The number of hydrogen-bond donors (Lipinski definition) is 1. The third kappa shape index (κ3) is 3.14. The van der Waals surface area contributed by atoms with Gasteiger partial charge in [0.15, 0.2) is 5.78 Å². The number of nitrogen functional groups attached to an aromatic ring is 1. The van der Waals surface area contributed by atoms with Gasteiger partial charge in [0.05, 0.1) is 6.04 Å². The van der Waals surface area contributed by atoms with Crippen molar-refractivity contribution < 1.29 is 4.79 Å². The van der Waals surface area contributed by atoms with Crippen molar-refractivity contribution in [2.45, 2.75) is 19.4 Å². The van der Waals surface area contributed by atoms with Gasteiger partial charge in [0, 0.05) is 12.0 Å². The average molecular weight is 338 g/mol. The Morgan fingerprint density at radius 3 is 2.25 bits per heavy atom. The van der Waals surface area contributed by atoms with Crippen molar-refractivity contribution in [3.63, 3.8) is 0 Å². The van der Waals surface area contributed by atoms with Crippen LogP contribution in [0.3, 0.4) is 0 Å². The number of carbonyl (C=O) groups excluding carboxylic acids is 1. The summed E-state index contributed by atoms with van der Waals surface area (Å²) in [5.74, 6) is 6.55. The van der Waals surface area contributed by atoms with Crippen molar-refractivity contribution in [2.24, 2.45) is 0 Å². The Morgan fingerprint density at radius 2 is 1.71 bits per heavy atom. The second kappa shape index (κ2) is 6.80. The Kier molecular flexibility index (Phi) is 4.57. The highest BCUT2D eigenvalue weighted by molar-refractivity contribution is 7.71. The number of Topliss-reactive ketones (excluding diaryl/α,β-unsaturated/α-hetero) is 1. The van der Waals surface area contributed by atoms with Crippen molar-refractivity contribution in [1.82, 2.24) is 14.5 Å². The van der Waals surface area contributed by atoms with Crippen LogP contribution in [0.25, 0.3) is 0 Å². The van der Waals surface area contributed by atoms with Crippen molar-refractivity contribution in [1.29, 1.82) is 0 Å². The summed E-state index contributed by atoms with van der Waals surface area (Å²) in [4.78, 5) is 12.7. The molecule has 2 aromatic carbocycles. The van der Waals surface area contributed by atoms with Crippen molar-refractivity contribution >= 4 is 18.0 Å². The van der Waals surface area contributed by atoms with Gasteiger partial charge in [0.2, 0.25) is 4.77 Å². The maximum atomic E-state index is 12.7. The summed E-state index contributed by atoms with van der Waals surface area (Å²) < 4.78 is 3.40. The fourth-order valence-electron chi connectivity index (χ4n) is 2.64. The molecule has 2 N–H and O–H groups in total. The summed E-state index contributed by atoms with van der Waals surface area (Å²) in [6, 6.07) is 18.7. The third-order valence-electron chi connectivity index (χ3n) is 3.96. The van der Waals surface area contributed by atoms with Crippen LogP contribution in [-0.4, -0.2) is 20.2 Å². The highest BCUT2D eigenvalue weighted by atomic mass is 32.1. The smallest absolute Gasteiger partial charge is 0.217 e. The lowest BCUT2D eigenvalue weighted by molar-refractivity contribution is 0.0967. The van der Waals surface area contributed by atoms with Gasteiger partial charge in [-0.3, -0.25) is 4.79 Å². The van der Waals surface area contributed by atoms with E-state index in [0.29, 0.717) is 16.2 Å². The molecule has 0 radical (unpaired) electrons. The van der Waals surface area contributed by atoms with Crippen LogP contribution in [0.5, 0.6) is 0 Å². The summed E-state index contributed by atoms with van der Waals surface area (Å²) in [6.45, 7) is 1.79. The van der Waals surface area contributed by atoms with Crippen LogP contribution >= 0.6 is 12.2 Å². The molecule has 3 aromatic rings. The lowest BCUT2D eigenvalue weighted by Crippen LogP contribution is -2.18. The molecule has 0 amide bonds. The molecular formula is C18H18N4OS. The third-order valence-corrected chi connectivity index (χ3v) is 4.34. The summed E-state index contributed by atoms with van der Waals surface area (Å²) in [6.07, 6.45) is 0.263. The minimum absolute atomic E-state index is 0.0376. The Labute approximate surface area is 145 Å². The molecule has 0 aliphatic rings. The predicted octanol–water partition coefficient (Wildman–Crippen LogP) is 3.30. The van der Waals surface area contributed by atoms with E-state index in [1.54, 1.807) is 11.6 Å². The van der Waals surface area contributed by atoms with E-state index in [9.17, 15) is 4.79 Å². The molecule has 1 aromatic heterocycles. The molecule has 0 aliphatic heterocycles. The van der Waals surface area contributed by atoms with E-state index in [4.69, 9.17) is 18.1 Å². The van der Waals surface area contributed by atoms with Gasteiger partial charge in [-0.1, -0.05) is 60.7 Å². The van der Waals surface area contributed by atoms with Gasteiger partial charge in [0.1, 0.15) is 5.82 Å². The zero-order valence-corrected chi connectivity index (χ0v) is 14.1. The zero-order valence-electron chi connectivity index (χ0n) is 13.3. The van der Waals surface area contributed by atoms with Gasteiger partial charge in [0.25, 0.3) is 0 Å². The first-order chi connectivity index (χ1) is 11.6. The van der Waals surface area contributed by atoms with E-state index in [-0.39, 0.29) is 18.2 Å². The van der Waals surface area contributed by atoms with Gasteiger partial charge in [-0.25, -0.2) is 9.36 Å². The number of hydrogen-bond acceptors (Lipinski definition) is 4. The van der Waals surface area contributed by atoms with E-state index in [1.807, 2.05) is 60.7 Å². The van der Waals surface area contributed by atoms with Crippen LogP contribution in [-0.2, 0) is 0 Å². The van der Waals surface area contributed by atoms with Gasteiger partial charge in [-0.2, -0.15) is 5.10 Å². The lowest BCUT2D eigenvalue weighted by atomic mass is 9.98. The maximum Gasteiger partial charge on any atom is 0.217 e. The standard InChI is InChI=1S/C18H18N4OS/c1-13-20-22(18(24)21(13)19)16(14-8-4-2-5-9-14)12-17(23)15-10-6-3-7-11-15/h2-11,16H,12,19H2,1H3/t16-/m1/s1. The normalized spacial score (nSPS) is 12.0. The zero-order chi connectivity index (χ0) is 17.1. The molecule has 0 saturated heterocycles. The Bertz CT molecular complexity index is 900. The minimum Gasteiger partial charge on any atom is -0.335 e. The molecule has 0 unspecified atom stereocenters. The molecule has 122 valence electrons. The van der Waals surface area contributed by atoms with E-state index < -0.39 is 0 Å². The SMILES string of the molecule is Cc1nn([C@H](CC(=O)c2ccccc2)c2ccccc2)c(=S)n1N. The lowest BCUT2D eigenvalue weighted by Gasteiger charge is -2.17. The molecule has 24 heavy (non-hydrogen) atoms. The predicted molar refractivity (Wildman–Crippen MR) is 95.9 cm³/mol. The van der Waals surface area contributed by atoms with Gasteiger partial charge in [-0.05, 0) is 24.7 Å². The average Bonchev–Trinajstić information content (AvgIpc) is 2.88. The van der Waals surface area contributed by atoms with Gasteiger partial charge < -0.3 is 5.84 Å². The number of ketones is 1. The number of carbonyl (C=O) groups is 1. The molecule has 1 atom stereocenters. The Morgan fingerprint density at radius 1 is 1.12 bits per heavy atom. The molecule has 0 aliphatic carbocycles. The van der Waals surface area contributed by atoms with Crippen LogP contribution in [0.15, 0.2) is 60.7 Å². The number of benzene rings is 2. The molecular weight excluding hydrogens is 320 g/mol. The van der Waals surface area contributed by atoms with E-state index in [2.05, 4.69) is 5.10 Å². The fraction of sp³-hybridized carbons (Fsp3) is 0.167. The first-order valence-electron chi connectivity index (χ1n) is 7.64. The fourth-order valence-corrected chi connectivity index (χ4v) is 2.94. The van der Waals surface area contributed by atoms with Crippen LogP contribution in [0.4, 0.5) is 0 Å². The maximum absolute atomic E-state index is 12.7. The number of aromatic nitrogens is 3.